The molecule has 4 rings (SSSR count). The highest BCUT2D eigenvalue weighted by Crippen LogP contribution is 2.36. The first-order chi connectivity index (χ1) is 25.4. The number of ether oxygens (including phenoxy) is 6. The lowest BCUT2D eigenvalue weighted by atomic mass is 10.0. The van der Waals surface area contributed by atoms with E-state index < -0.39 is 43.2 Å². The SMILES string of the molecule is CCC(C)OC(=O)NC(=N)c1ccc(N[C@@H](c2nc(OCOC(=O)OC(C)(C)CF)n(-c3ncccn3)n2)c2cc(OC)cc(OCCO)c2F)cc1. The maximum Gasteiger partial charge on any atom is 0.511 e. The van der Waals surface area contributed by atoms with Crippen molar-refractivity contribution < 1.29 is 51.9 Å². The number of aliphatic hydroxyl groups excluding tert-OH is 1. The summed E-state index contributed by atoms with van der Waals surface area (Å²) < 4.78 is 62.0. The van der Waals surface area contributed by atoms with Crippen LogP contribution in [0, 0.1) is 11.2 Å². The molecule has 2 atom stereocenters. The number of methoxy groups -OCH3 is 1. The van der Waals surface area contributed by atoms with Crippen molar-refractivity contribution in [3.8, 4) is 23.5 Å². The number of carbonyl (C=O) groups is 2. The third-order valence-electron chi connectivity index (χ3n) is 7.17. The van der Waals surface area contributed by atoms with Gasteiger partial charge in [0.15, 0.2) is 17.4 Å². The number of aliphatic hydroxyl groups is 1. The number of hydrogen-bond acceptors (Lipinski definition) is 15. The number of nitrogens with zero attached hydrogens (tertiary/aromatic N) is 5. The van der Waals surface area contributed by atoms with Crippen LogP contribution in [0.4, 0.5) is 24.1 Å². The van der Waals surface area contributed by atoms with Crippen LogP contribution in [0.5, 0.6) is 17.5 Å². The number of alkyl halides is 1. The normalized spacial score (nSPS) is 12.2. The Morgan fingerprint density at radius 2 is 1.83 bits per heavy atom. The second kappa shape index (κ2) is 18.4. The van der Waals surface area contributed by atoms with E-state index in [1.165, 1.54) is 45.5 Å². The van der Waals surface area contributed by atoms with Crippen LogP contribution in [-0.2, 0) is 14.2 Å². The number of aromatic nitrogens is 5. The lowest BCUT2D eigenvalue weighted by Crippen LogP contribution is -2.33. The zero-order valence-corrected chi connectivity index (χ0v) is 29.6. The van der Waals surface area contributed by atoms with Crippen LogP contribution < -0.4 is 24.8 Å². The summed E-state index contributed by atoms with van der Waals surface area (Å²) in [5.74, 6) is -1.19. The van der Waals surface area contributed by atoms with Crippen molar-refractivity contribution in [3.63, 3.8) is 0 Å². The number of anilines is 1. The highest BCUT2D eigenvalue weighted by molar-refractivity contribution is 6.04. The van der Waals surface area contributed by atoms with E-state index in [1.807, 2.05) is 6.92 Å². The van der Waals surface area contributed by atoms with Crippen LogP contribution in [-0.4, -0.2) is 93.4 Å². The Labute approximate surface area is 303 Å². The van der Waals surface area contributed by atoms with E-state index in [0.717, 1.165) is 4.68 Å². The van der Waals surface area contributed by atoms with Crippen molar-refractivity contribution in [2.45, 2.75) is 51.9 Å². The largest absolute Gasteiger partial charge is 0.511 e. The second-order valence-corrected chi connectivity index (χ2v) is 11.7. The van der Waals surface area contributed by atoms with Crippen LogP contribution in [0.2, 0.25) is 0 Å². The Kier molecular flexibility index (Phi) is 13.8. The molecule has 0 aliphatic heterocycles. The molecule has 4 aromatic rings. The van der Waals surface area contributed by atoms with E-state index in [4.69, 9.17) is 33.8 Å². The molecular formula is C34H40F2N8O9. The molecule has 4 N–H and O–H groups in total. The van der Waals surface area contributed by atoms with E-state index >= 15 is 4.39 Å². The minimum absolute atomic E-state index is 0.0126. The molecule has 0 saturated heterocycles. The van der Waals surface area contributed by atoms with E-state index in [2.05, 4.69) is 30.7 Å². The third-order valence-corrected chi connectivity index (χ3v) is 7.17. The Bertz CT molecular complexity index is 1850. The number of rotatable bonds is 17. The van der Waals surface area contributed by atoms with Gasteiger partial charge in [-0.1, -0.05) is 6.92 Å². The molecule has 1 amide bonds. The summed E-state index contributed by atoms with van der Waals surface area (Å²) in [4.78, 5) is 37.1. The van der Waals surface area contributed by atoms with Gasteiger partial charge in [-0.2, -0.15) is 4.98 Å². The molecule has 2 aromatic carbocycles. The molecule has 19 heteroatoms. The zero-order valence-electron chi connectivity index (χ0n) is 29.6. The predicted octanol–water partition coefficient (Wildman–Crippen LogP) is 4.87. The molecule has 2 aromatic heterocycles. The lowest BCUT2D eigenvalue weighted by molar-refractivity contribution is -0.0520. The number of amides is 1. The lowest BCUT2D eigenvalue weighted by Gasteiger charge is -2.21. The van der Waals surface area contributed by atoms with Crippen LogP contribution in [0.15, 0.2) is 54.9 Å². The van der Waals surface area contributed by atoms with Gasteiger partial charge < -0.3 is 38.8 Å². The molecule has 0 bridgehead atoms. The molecule has 0 aliphatic carbocycles. The van der Waals surface area contributed by atoms with Gasteiger partial charge in [0, 0.05) is 35.3 Å². The highest BCUT2D eigenvalue weighted by Gasteiger charge is 2.29. The van der Waals surface area contributed by atoms with Crippen LogP contribution in [0.25, 0.3) is 5.95 Å². The summed E-state index contributed by atoms with van der Waals surface area (Å²) >= 11 is 0. The van der Waals surface area contributed by atoms with E-state index in [-0.39, 0.29) is 60.0 Å². The molecule has 2 heterocycles. The minimum atomic E-state index is -1.43. The number of halogens is 2. The Hall–Kier alpha value is -6.11. The van der Waals surface area contributed by atoms with Crippen molar-refractivity contribution in [2.24, 2.45) is 0 Å². The molecule has 0 radical (unpaired) electrons. The average molecular weight is 743 g/mol. The molecule has 0 spiro atoms. The summed E-state index contributed by atoms with van der Waals surface area (Å²) in [7, 11) is 1.38. The first-order valence-electron chi connectivity index (χ1n) is 16.2. The standard InChI is InChI=1S/C34H40F2N8O9/c1-6-20(2)52-32(46)41-28(37)21-8-10-22(11-9-21)40-27(24-16-23(48-5)17-25(26(24)36)49-15-14-45)29-42-31(44(43-29)30-38-12-7-13-39-30)50-19-51-33(47)53-34(3,4)18-35/h7-13,16-17,20,27,40,45H,6,14-15,18-19H2,1-5H3,(H2,37,41,46)/t20?,27-/m1/s1. The summed E-state index contributed by atoms with van der Waals surface area (Å²) in [6.45, 7) is 4.00. The summed E-state index contributed by atoms with van der Waals surface area (Å²) in [6, 6.07) is 8.99. The molecular weight excluding hydrogens is 702 g/mol. The van der Waals surface area contributed by atoms with E-state index in [0.29, 0.717) is 17.7 Å². The van der Waals surface area contributed by atoms with Gasteiger partial charge in [-0.3, -0.25) is 10.7 Å². The second-order valence-electron chi connectivity index (χ2n) is 11.7. The first kappa shape index (κ1) is 39.7. The highest BCUT2D eigenvalue weighted by atomic mass is 19.1. The van der Waals surface area contributed by atoms with Gasteiger partial charge in [0.1, 0.15) is 42.6 Å². The molecule has 17 nitrogen and oxygen atoms in total. The molecule has 53 heavy (non-hydrogen) atoms. The van der Waals surface area contributed by atoms with Crippen molar-refractivity contribution >= 4 is 23.8 Å². The first-order valence-corrected chi connectivity index (χ1v) is 16.2. The summed E-state index contributed by atoms with van der Waals surface area (Å²) in [5.41, 5.74) is -0.761. The number of hydrogen-bond donors (Lipinski definition) is 4. The van der Waals surface area contributed by atoms with Gasteiger partial charge in [-0.05, 0) is 63.6 Å². The molecule has 0 saturated carbocycles. The summed E-state index contributed by atoms with van der Waals surface area (Å²) in [6.07, 6.45) is 1.15. The van der Waals surface area contributed by atoms with Crippen molar-refractivity contribution in [1.82, 2.24) is 30.0 Å². The quantitative estimate of drug-likeness (QED) is 0.0492. The number of nitrogens with one attached hydrogen (secondary N) is 3. The fraction of sp³-hybridized carbons (Fsp3) is 0.382. The van der Waals surface area contributed by atoms with Crippen LogP contribution >= 0.6 is 0 Å². The number of benzene rings is 2. The maximum absolute atomic E-state index is 16.2. The van der Waals surface area contributed by atoms with Gasteiger partial charge in [0.05, 0.1) is 13.7 Å². The molecule has 284 valence electrons. The van der Waals surface area contributed by atoms with Crippen molar-refractivity contribution in [1.29, 1.82) is 5.41 Å². The van der Waals surface area contributed by atoms with Gasteiger partial charge in [0.2, 0.25) is 6.79 Å². The number of carbonyl (C=O) groups excluding carboxylic acids is 2. The summed E-state index contributed by atoms with van der Waals surface area (Å²) in [5, 5.41) is 27.7. The third kappa shape index (κ3) is 10.9. The number of amidine groups is 1. The Morgan fingerprint density at radius 1 is 1.11 bits per heavy atom. The molecule has 0 aliphatic rings. The van der Waals surface area contributed by atoms with E-state index in [1.54, 1.807) is 37.3 Å². The Balaban J connectivity index is 1.73. The minimum Gasteiger partial charge on any atom is -0.497 e. The maximum atomic E-state index is 16.2. The molecule has 1 unspecified atom stereocenters. The van der Waals surface area contributed by atoms with Crippen molar-refractivity contribution in [2.75, 3.05) is 39.1 Å². The fourth-order valence-corrected chi connectivity index (χ4v) is 4.30. The monoisotopic (exact) mass is 742 g/mol. The van der Waals surface area contributed by atoms with Gasteiger partial charge in [-0.15, -0.1) is 9.78 Å². The topological polar surface area (TPSA) is 214 Å². The smallest absolute Gasteiger partial charge is 0.497 e. The van der Waals surface area contributed by atoms with Crippen LogP contribution in [0.1, 0.15) is 57.1 Å². The zero-order chi connectivity index (χ0) is 38.5. The average Bonchev–Trinajstić information content (AvgIpc) is 3.57. The van der Waals surface area contributed by atoms with Gasteiger partial charge in [-0.25, -0.2) is 28.3 Å². The van der Waals surface area contributed by atoms with E-state index in [9.17, 15) is 19.1 Å². The molecule has 0 fully saturated rings. The van der Waals surface area contributed by atoms with Gasteiger partial charge in [0.25, 0.3) is 5.95 Å². The van der Waals surface area contributed by atoms with Crippen LogP contribution in [0.3, 0.4) is 0 Å². The Morgan fingerprint density at radius 3 is 2.47 bits per heavy atom. The predicted molar refractivity (Wildman–Crippen MR) is 184 cm³/mol. The number of alkyl carbamates (subject to hydrolysis) is 1. The van der Waals surface area contributed by atoms with Gasteiger partial charge >= 0.3 is 18.3 Å². The fourth-order valence-electron chi connectivity index (χ4n) is 4.30. The van der Waals surface area contributed by atoms with Crippen molar-refractivity contribution in [3.05, 3.63) is 77.6 Å².